The fourth-order valence-electron chi connectivity index (χ4n) is 5.02. The van der Waals surface area contributed by atoms with Crippen LogP contribution in [0.2, 0.25) is 0 Å². The number of carboxylic acid groups (broad SMARTS) is 1. The van der Waals surface area contributed by atoms with E-state index in [1.165, 1.54) is 63.8 Å². The van der Waals surface area contributed by atoms with E-state index in [0.717, 1.165) is 29.5 Å². The van der Waals surface area contributed by atoms with Crippen LogP contribution < -0.4 is 10.1 Å². The Balaban J connectivity index is 1.54. The molecule has 0 radical (unpaired) electrons. The number of esters is 1. The van der Waals surface area contributed by atoms with E-state index in [4.69, 9.17) is 9.47 Å². The molecule has 3 rings (SSSR count). The Morgan fingerprint density at radius 1 is 0.844 bits per heavy atom. The number of ether oxygens (including phenoxy) is 2. The molecule has 0 fully saturated rings. The molecule has 1 aromatic heterocycles. The quantitative estimate of drug-likeness (QED) is 0.0731. The summed E-state index contributed by atoms with van der Waals surface area (Å²) in [6.07, 6.45) is 17.4. The number of rotatable bonds is 21. The smallest absolute Gasteiger partial charge is 0.344 e. The molecular formula is C36H47N3O6. The number of carbonyl (C=O) groups is 3. The number of carbonyl (C=O) groups excluding carboxylic acids is 2. The summed E-state index contributed by atoms with van der Waals surface area (Å²) in [6, 6.07) is 14.6. The first kappa shape index (κ1) is 35.1. The van der Waals surface area contributed by atoms with Crippen molar-refractivity contribution in [2.24, 2.45) is 0 Å². The lowest BCUT2D eigenvalue weighted by Gasteiger charge is -2.10. The van der Waals surface area contributed by atoms with Crippen molar-refractivity contribution in [1.82, 2.24) is 14.9 Å². The summed E-state index contributed by atoms with van der Waals surface area (Å²) < 4.78 is 12.0. The molecule has 9 heteroatoms. The van der Waals surface area contributed by atoms with Gasteiger partial charge in [0.2, 0.25) is 5.91 Å². The van der Waals surface area contributed by atoms with Crippen molar-refractivity contribution in [3.05, 3.63) is 66.5 Å². The normalized spacial score (nSPS) is 11.1. The molecule has 1 heterocycles. The molecule has 0 unspecified atom stereocenters. The highest BCUT2D eigenvalue weighted by Crippen LogP contribution is 2.32. The number of nitrogens with zero attached hydrogens (tertiary/aromatic N) is 2. The maximum absolute atomic E-state index is 12.3. The third kappa shape index (κ3) is 12.6. The molecule has 0 aliphatic rings. The van der Waals surface area contributed by atoms with Crippen molar-refractivity contribution in [1.29, 1.82) is 0 Å². The maximum Gasteiger partial charge on any atom is 0.344 e. The molecule has 45 heavy (non-hydrogen) atoms. The van der Waals surface area contributed by atoms with Crippen LogP contribution >= 0.6 is 0 Å². The van der Waals surface area contributed by atoms with Gasteiger partial charge in [0.15, 0.2) is 6.61 Å². The lowest BCUT2D eigenvalue weighted by molar-refractivity contribution is -0.145. The SMILES string of the molecule is CCCCCCCCCCCCNC(=O)/C=C/c1ccc(-c2c(-c3ccc(OCC(=O)OCC)cc3)ncn2CC(=O)O)cc1. The molecule has 0 spiro atoms. The zero-order valence-electron chi connectivity index (χ0n) is 26.6. The van der Waals surface area contributed by atoms with Gasteiger partial charge in [0, 0.05) is 23.7 Å². The predicted octanol–water partition coefficient (Wildman–Crippen LogP) is 7.29. The number of benzene rings is 2. The van der Waals surface area contributed by atoms with E-state index in [1.54, 1.807) is 29.7 Å². The van der Waals surface area contributed by atoms with Crippen LogP contribution in [0.15, 0.2) is 60.9 Å². The summed E-state index contributed by atoms with van der Waals surface area (Å²) >= 11 is 0. The fourth-order valence-corrected chi connectivity index (χ4v) is 5.02. The van der Waals surface area contributed by atoms with Gasteiger partial charge in [0.1, 0.15) is 12.3 Å². The van der Waals surface area contributed by atoms with E-state index in [0.29, 0.717) is 23.7 Å². The Morgan fingerprint density at radius 2 is 1.47 bits per heavy atom. The average molecular weight is 618 g/mol. The lowest BCUT2D eigenvalue weighted by atomic mass is 10.0. The average Bonchev–Trinajstić information content (AvgIpc) is 3.45. The van der Waals surface area contributed by atoms with Crippen LogP contribution in [0.25, 0.3) is 28.6 Å². The lowest BCUT2D eigenvalue weighted by Crippen LogP contribution is -2.21. The van der Waals surface area contributed by atoms with Crippen molar-refractivity contribution in [2.75, 3.05) is 19.8 Å². The molecule has 2 aromatic carbocycles. The molecule has 9 nitrogen and oxygen atoms in total. The Morgan fingerprint density at radius 3 is 2.09 bits per heavy atom. The first-order valence-electron chi connectivity index (χ1n) is 16.1. The second-order valence-electron chi connectivity index (χ2n) is 11.0. The van der Waals surface area contributed by atoms with Gasteiger partial charge in [-0.3, -0.25) is 9.59 Å². The summed E-state index contributed by atoms with van der Waals surface area (Å²) in [5.41, 5.74) is 3.67. The molecule has 2 N–H and O–H groups in total. The number of aromatic nitrogens is 2. The minimum absolute atomic E-state index is 0.119. The number of imidazole rings is 1. The molecular weight excluding hydrogens is 570 g/mol. The molecule has 0 bridgehead atoms. The predicted molar refractivity (Wildman–Crippen MR) is 177 cm³/mol. The van der Waals surface area contributed by atoms with Gasteiger partial charge in [-0.25, -0.2) is 9.78 Å². The Kier molecular flexibility index (Phi) is 15.4. The number of nitrogens with one attached hydrogen (secondary N) is 1. The van der Waals surface area contributed by atoms with Crippen LogP contribution in [0, 0.1) is 0 Å². The highest BCUT2D eigenvalue weighted by atomic mass is 16.6. The summed E-state index contributed by atoms with van der Waals surface area (Å²) in [5, 5.41) is 12.4. The van der Waals surface area contributed by atoms with Crippen LogP contribution in [0.3, 0.4) is 0 Å². The monoisotopic (exact) mass is 617 g/mol. The first-order valence-corrected chi connectivity index (χ1v) is 16.1. The second kappa shape index (κ2) is 19.8. The minimum Gasteiger partial charge on any atom is -0.482 e. The van der Waals surface area contributed by atoms with Crippen molar-refractivity contribution in [3.8, 4) is 28.3 Å². The number of hydrogen-bond donors (Lipinski definition) is 2. The van der Waals surface area contributed by atoms with Gasteiger partial charge >= 0.3 is 11.9 Å². The number of unbranched alkanes of at least 4 members (excludes halogenated alkanes) is 9. The van der Waals surface area contributed by atoms with Crippen LogP contribution in [-0.2, 0) is 25.7 Å². The van der Waals surface area contributed by atoms with Crippen molar-refractivity contribution in [2.45, 2.75) is 84.6 Å². The standard InChI is InChI=1S/C36H47N3O6/c1-3-5-6-7-8-9-10-11-12-13-24-37-32(40)23-16-28-14-17-30(18-15-28)36-35(38-27-39(36)25-33(41)42)29-19-21-31(22-20-29)45-26-34(43)44-4-2/h14-23,27H,3-13,24-26H2,1-2H3,(H,37,40)(H,41,42)/b23-16+. The molecule has 0 atom stereocenters. The van der Waals surface area contributed by atoms with E-state index in [1.807, 2.05) is 36.4 Å². The first-order chi connectivity index (χ1) is 21.9. The highest BCUT2D eigenvalue weighted by Gasteiger charge is 2.17. The fraction of sp³-hybridized carbons (Fsp3) is 0.444. The van der Waals surface area contributed by atoms with E-state index in [2.05, 4.69) is 17.2 Å². The Bertz CT molecular complexity index is 1360. The van der Waals surface area contributed by atoms with Gasteiger partial charge in [-0.05, 0) is 49.2 Å². The summed E-state index contributed by atoms with van der Waals surface area (Å²) in [4.78, 5) is 40.0. The van der Waals surface area contributed by atoms with E-state index in [9.17, 15) is 19.5 Å². The van der Waals surface area contributed by atoms with Gasteiger partial charge in [0.25, 0.3) is 0 Å². The van der Waals surface area contributed by atoms with Crippen LogP contribution in [0.1, 0.15) is 83.6 Å². The zero-order valence-corrected chi connectivity index (χ0v) is 26.6. The van der Waals surface area contributed by atoms with Gasteiger partial charge < -0.3 is 24.5 Å². The van der Waals surface area contributed by atoms with Gasteiger partial charge in [0.05, 0.1) is 24.3 Å². The highest BCUT2D eigenvalue weighted by molar-refractivity contribution is 5.91. The molecule has 0 saturated heterocycles. The van der Waals surface area contributed by atoms with Crippen molar-refractivity contribution >= 4 is 23.9 Å². The van der Waals surface area contributed by atoms with Crippen molar-refractivity contribution < 1.29 is 29.0 Å². The molecule has 242 valence electrons. The van der Waals surface area contributed by atoms with Crippen molar-refractivity contribution in [3.63, 3.8) is 0 Å². The van der Waals surface area contributed by atoms with Gasteiger partial charge in [-0.1, -0.05) is 89.0 Å². The molecule has 0 saturated carbocycles. The third-order valence-electron chi connectivity index (χ3n) is 7.37. The summed E-state index contributed by atoms with van der Waals surface area (Å²) in [5.74, 6) is -1.04. The molecule has 1 amide bonds. The van der Waals surface area contributed by atoms with E-state index >= 15 is 0 Å². The number of aliphatic carboxylic acids is 1. The molecule has 0 aliphatic carbocycles. The third-order valence-corrected chi connectivity index (χ3v) is 7.37. The number of amides is 1. The summed E-state index contributed by atoms with van der Waals surface area (Å²) in [7, 11) is 0. The number of hydrogen-bond acceptors (Lipinski definition) is 6. The Labute approximate surface area is 266 Å². The van der Waals surface area contributed by atoms with E-state index < -0.39 is 11.9 Å². The molecule has 3 aromatic rings. The van der Waals surface area contributed by atoms with E-state index in [-0.39, 0.29) is 25.7 Å². The Hall–Kier alpha value is -4.40. The second-order valence-corrected chi connectivity index (χ2v) is 11.0. The summed E-state index contributed by atoms with van der Waals surface area (Å²) in [6.45, 7) is 4.50. The minimum atomic E-state index is -0.980. The maximum atomic E-state index is 12.3. The van der Waals surface area contributed by atoms with Crippen LogP contribution in [0.5, 0.6) is 5.75 Å². The van der Waals surface area contributed by atoms with Gasteiger partial charge in [-0.15, -0.1) is 0 Å². The van der Waals surface area contributed by atoms with Crippen LogP contribution in [0.4, 0.5) is 0 Å². The topological polar surface area (TPSA) is 120 Å². The van der Waals surface area contributed by atoms with Crippen LogP contribution in [-0.4, -0.2) is 52.3 Å². The van der Waals surface area contributed by atoms with Gasteiger partial charge in [-0.2, -0.15) is 0 Å². The zero-order chi connectivity index (χ0) is 32.3. The number of carboxylic acids is 1. The molecule has 0 aliphatic heterocycles. The largest absolute Gasteiger partial charge is 0.482 e.